The van der Waals surface area contributed by atoms with E-state index >= 15 is 0 Å². The summed E-state index contributed by atoms with van der Waals surface area (Å²) in [4.78, 5) is 13.7. The number of fused-ring (bicyclic) bond motifs is 4. The van der Waals surface area contributed by atoms with Gasteiger partial charge in [0.2, 0.25) is 0 Å². The average Bonchev–Trinajstić information content (AvgIpc) is 3.10. The van der Waals surface area contributed by atoms with Gasteiger partial charge in [-0.3, -0.25) is 9.97 Å². The van der Waals surface area contributed by atoms with Crippen LogP contribution in [0, 0.1) is 0 Å². The molecule has 0 radical (unpaired) electrons. The number of rotatable bonds is 3. The van der Waals surface area contributed by atoms with Crippen molar-refractivity contribution in [3.05, 3.63) is 78.4 Å². The van der Waals surface area contributed by atoms with Gasteiger partial charge in [0, 0.05) is 23.7 Å². The lowest BCUT2D eigenvalue weighted by Gasteiger charge is -2.01. The van der Waals surface area contributed by atoms with Crippen LogP contribution in [-0.2, 0) is 12.8 Å². The first kappa shape index (κ1) is 14.0. The largest absolute Gasteiger partial charge is 0.255 e. The van der Waals surface area contributed by atoms with Crippen molar-refractivity contribution >= 4 is 27.6 Å². The summed E-state index contributed by atoms with van der Waals surface area (Å²) in [6.07, 6.45) is 3.37. The molecule has 25 heavy (non-hydrogen) atoms. The van der Waals surface area contributed by atoms with E-state index in [1.54, 1.807) is 6.20 Å². The molecule has 5 aromatic rings. The molecule has 0 amide bonds. The highest BCUT2D eigenvalue weighted by Crippen LogP contribution is 2.15. The van der Waals surface area contributed by atoms with Gasteiger partial charge in [0.25, 0.3) is 0 Å². The van der Waals surface area contributed by atoms with Crippen LogP contribution >= 0.6 is 0 Å². The van der Waals surface area contributed by atoms with E-state index in [1.807, 2.05) is 47.0 Å². The second-order valence-electron chi connectivity index (χ2n) is 6.03. The molecule has 0 spiro atoms. The molecule has 0 unspecified atom stereocenters. The van der Waals surface area contributed by atoms with Crippen molar-refractivity contribution in [3.63, 3.8) is 0 Å². The summed E-state index contributed by atoms with van der Waals surface area (Å²) in [6, 6.07) is 20.2. The van der Waals surface area contributed by atoms with E-state index in [-0.39, 0.29) is 0 Å². The third kappa shape index (κ3) is 2.50. The summed E-state index contributed by atoms with van der Waals surface area (Å²) >= 11 is 0. The fraction of sp³-hybridized carbons (Fsp3) is 0.100. The molecule has 4 heterocycles. The maximum Gasteiger partial charge on any atom is 0.156 e. The molecule has 4 aromatic heterocycles. The quantitative estimate of drug-likeness (QED) is 0.508. The zero-order valence-electron chi connectivity index (χ0n) is 13.5. The van der Waals surface area contributed by atoms with Crippen LogP contribution in [0.5, 0.6) is 0 Å². The van der Waals surface area contributed by atoms with Crippen molar-refractivity contribution in [2.24, 2.45) is 0 Å². The van der Waals surface area contributed by atoms with Crippen molar-refractivity contribution in [2.45, 2.75) is 12.8 Å². The lowest BCUT2D eigenvalue weighted by Crippen LogP contribution is -1.97. The number of hydrogen-bond acceptors (Lipinski definition) is 4. The number of para-hydroxylation sites is 1. The fourth-order valence-corrected chi connectivity index (χ4v) is 3.12. The number of pyridine rings is 3. The lowest BCUT2D eigenvalue weighted by molar-refractivity contribution is 0.831. The summed E-state index contributed by atoms with van der Waals surface area (Å²) in [5, 5.41) is 5.82. The molecule has 0 saturated carbocycles. The number of hydrogen-bond donors (Lipinski definition) is 0. The maximum absolute atomic E-state index is 4.72. The lowest BCUT2D eigenvalue weighted by atomic mass is 10.1. The van der Waals surface area contributed by atoms with Crippen LogP contribution in [0.3, 0.4) is 0 Å². The molecule has 0 aliphatic rings. The second-order valence-corrected chi connectivity index (χ2v) is 6.03. The van der Waals surface area contributed by atoms with Crippen LogP contribution in [0.15, 0.2) is 66.9 Å². The van der Waals surface area contributed by atoms with E-state index < -0.39 is 0 Å². The van der Waals surface area contributed by atoms with E-state index in [9.17, 15) is 0 Å². The number of aromatic nitrogens is 5. The van der Waals surface area contributed by atoms with E-state index in [4.69, 9.17) is 4.98 Å². The molecule has 5 rings (SSSR count). The van der Waals surface area contributed by atoms with Gasteiger partial charge in [0.15, 0.2) is 11.5 Å². The van der Waals surface area contributed by atoms with Gasteiger partial charge >= 0.3 is 0 Å². The Bertz CT molecular complexity index is 1210. The highest BCUT2D eigenvalue weighted by molar-refractivity contribution is 5.78. The predicted octanol–water partition coefficient (Wildman–Crippen LogP) is 3.61. The van der Waals surface area contributed by atoms with Crippen LogP contribution in [0.2, 0.25) is 0 Å². The van der Waals surface area contributed by atoms with Gasteiger partial charge in [-0.05, 0) is 42.8 Å². The summed E-state index contributed by atoms with van der Waals surface area (Å²) in [5.74, 6) is 0.825. The minimum atomic E-state index is 0.759. The van der Waals surface area contributed by atoms with Gasteiger partial charge in [-0.15, -0.1) is 0 Å². The summed E-state index contributed by atoms with van der Waals surface area (Å²) in [5.41, 5.74) is 4.83. The van der Waals surface area contributed by atoms with Gasteiger partial charge < -0.3 is 0 Å². The van der Waals surface area contributed by atoms with E-state index in [0.29, 0.717) is 0 Å². The number of aryl methyl sites for hydroxylation is 2. The van der Waals surface area contributed by atoms with Crippen molar-refractivity contribution in [1.82, 2.24) is 24.6 Å². The first-order valence-electron chi connectivity index (χ1n) is 8.31. The van der Waals surface area contributed by atoms with Crippen molar-refractivity contribution in [3.8, 4) is 0 Å². The Morgan fingerprint density at radius 2 is 1.72 bits per heavy atom. The van der Waals surface area contributed by atoms with Crippen LogP contribution in [0.4, 0.5) is 0 Å². The number of benzene rings is 1. The van der Waals surface area contributed by atoms with E-state index in [0.717, 1.165) is 51.9 Å². The van der Waals surface area contributed by atoms with E-state index in [2.05, 4.69) is 33.3 Å². The Labute approximate surface area is 144 Å². The monoisotopic (exact) mass is 325 g/mol. The SMILES string of the molecule is c1ccc2nc(CCc3nc4ccc5ncccc5n4n3)ccc2c1. The normalized spacial score (nSPS) is 11.5. The summed E-state index contributed by atoms with van der Waals surface area (Å²) in [7, 11) is 0. The first-order valence-corrected chi connectivity index (χ1v) is 8.31. The number of nitrogens with zero attached hydrogens (tertiary/aromatic N) is 5. The highest BCUT2D eigenvalue weighted by atomic mass is 15.3. The summed E-state index contributed by atoms with van der Waals surface area (Å²) in [6.45, 7) is 0. The molecule has 0 bridgehead atoms. The Morgan fingerprint density at radius 1 is 0.760 bits per heavy atom. The Balaban J connectivity index is 1.46. The summed E-state index contributed by atoms with van der Waals surface area (Å²) < 4.78 is 1.87. The van der Waals surface area contributed by atoms with Gasteiger partial charge in [-0.1, -0.05) is 24.3 Å². The van der Waals surface area contributed by atoms with Crippen LogP contribution in [-0.4, -0.2) is 24.6 Å². The minimum absolute atomic E-state index is 0.759. The molecular formula is C20H15N5. The molecule has 0 atom stereocenters. The van der Waals surface area contributed by atoms with Gasteiger partial charge in [-0.2, -0.15) is 5.10 Å². The molecule has 0 N–H and O–H groups in total. The molecule has 0 aliphatic carbocycles. The van der Waals surface area contributed by atoms with Gasteiger partial charge in [0.05, 0.1) is 16.6 Å². The third-order valence-corrected chi connectivity index (χ3v) is 4.37. The standard InChI is InChI=1S/C20H15N5/c1-2-5-16-14(4-1)7-8-15(22-16)9-11-19-23-20-12-10-17-18(25(20)24-19)6-3-13-21-17/h1-8,10,12-13H,9,11H2. The molecule has 0 fully saturated rings. The van der Waals surface area contributed by atoms with Crippen molar-refractivity contribution < 1.29 is 0 Å². The molecule has 120 valence electrons. The van der Waals surface area contributed by atoms with Crippen LogP contribution < -0.4 is 0 Å². The van der Waals surface area contributed by atoms with Gasteiger partial charge in [-0.25, -0.2) is 9.50 Å². The van der Waals surface area contributed by atoms with E-state index in [1.165, 1.54) is 0 Å². The average molecular weight is 325 g/mol. The molecule has 5 nitrogen and oxygen atoms in total. The molecule has 1 aromatic carbocycles. The Morgan fingerprint density at radius 3 is 2.72 bits per heavy atom. The Hall–Kier alpha value is -3.34. The second kappa shape index (κ2) is 5.63. The third-order valence-electron chi connectivity index (χ3n) is 4.37. The molecule has 0 saturated heterocycles. The van der Waals surface area contributed by atoms with Gasteiger partial charge in [0.1, 0.15) is 0 Å². The fourth-order valence-electron chi connectivity index (χ4n) is 3.12. The van der Waals surface area contributed by atoms with Crippen LogP contribution in [0.25, 0.3) is 27.6 Å². The smallest absolute Gasteiger partial charge is 0.156 e. The molecule has 0 aliphatic heterocycles. The van der Waals surface area contributed by atoms with Crippen molar-refractivity contribution in [1.29, 1.82) is 0 Å². The Kier molecular flexibility index (Phi) is 3.16. The maximum atomic E-state index is 4.72. The van der Waals surface area contributed by atoms with Crippen molar-refractivity contribution in [2.75, 3.05) is 0 Å². The van der Waals surface area contributed by atoms with Crippen LogP contribution in [0.1, 0.15) is 11.5 Å². The predicted molar refractivity (Wildman–Crippen MR) is 97.4 cm³/mol. The molecular weight excluding hydrogens is 310 g/mol. The zero-order chi connectivity index (χ0) is 16.6. The minimum Gasteiger partial charge on any atom is -0.255 e. The topological polar surface area (TPSA) is 56.0 Å². The molecule has 5 heteroatoms. The highest BCUT2D eigenvalue weighted by Gasteiger charge is 2.08. The zero-order valence-corrected chi connectivity index (χ0v) is 13.5. The first-order chi connectivity index (χ1) is 12.4.